The van der Waals surface area contributed by atoms with Crippen molar-refractivity contribution in [1.82, 2.24) is 4.90 Å². The van der Waals surface area contributed by atoms with Gasteiger partial charge < -0.3 is 10.6 Å². The number of carbonyl (C=O) groups is 1. The molecule has 2 N–H and O–H groups in total. The number of hydrogen-bond acceptors (Lipinski definition) is 3. The van der Waals surface area contributed by atoms with Crippen molar-refractivity contribution in [3.05, 3.63) is 35.4 Å². The van der Waals surface area contributed by atoms with Crippen LogP contribution in [-0.4, -0.2) is 28.6 Å². The number of nitrogens with two attached hydrogens (primary N) is 1. The van der Waals surface area contributed by atoms with E-state index in [1.807, 2.05) is 19.9 Å². The maximum atomic E-state index is 14.2. The topological polar surface area (TPSA) is 70.1 Å². The lowest BCUT2D eigenvalue weighted by Crippen LogP contribution is -2.54. The Labute approximate surface area is 175 Å². The maximum Gasteiger partial charge on any atom is 0.413 e. The minimum atomic E-state index is -4.75. The maximum absolute atomic E-state index is 14.2. The van der Waals surface area contributed by atoms with Crippen molar-refractivity contribution < 1.29 is 18.0 Å². The molecule has 0 aromatic heterocycles. The summed E-state index contributed by atoms with van der Waals surface area (Å²) in [5, 5.41) is 9.60. The van der Waals surface area contributed by atoms with Crippen LogP contribution in [0.2, 0.25) is 0 Å². The third kappa shape index (κ3) is 4.96. The standard InChI is InChI=1S/C23H26F3N3O/c1-15(2)13-19(28)21(30)29(22(14-27)11-12-22)20(23(24,25)26)18-9-7-17(8-10-18)6-5-16-3-4-16/h7-10,15-16,19-20H,3-4,11-13,28H2,1-2H3/t19-,20-/m0/s1. The molecule has 0 heterocycles. The molecule has 160 valence electrons. The van der Waals surface area contributed by atoms with Gasteiger partial charge >= 0.3 is 6.18 Å². The van der Waals surface area contributed by atoms with Gasteiger partial charge in [0.1, 0.15) is 5.54 Å². The van der Waals surface area contributed by atoms with E-state index in [1.54, 1.807) is 0 Å². The number of nitrogens with zero attached hydrogens (tertiary/aromatic N) is 2. The van der Waals surface area contributed by atoms with Crippen LogP contribution in [0.5, 0.6) is 0 Å². The zero-order valence-corrected chi connectivity index (χ0v) is 17.2. The first-order valence-electron chi connectivity index (χ1n) is 10.3. The second-order valence-electron chi connectivity index (χ2n) is 8.70. The van der Waals surface area contributed by atoms with Gasteiger partial charge in [-0.2, -0.15) is 18.4 Å². The van der Waals surface area contributed by atoms with Crippen LogP contribution in [0.1, 0.15) is 63.1 Å². The zero-order chi connectivity index (χ0) is 22.1. The molecule has 7 heteroatoms. The van der Waals surface area contributed by atoms with Gasteiger partial charge in [-0.15, -0.1) is 0 Å². The summed E-state index contributed by atoms with van der Waals surface area (Å²) in [5.74, 6) is 5.64. The molecule has 0 saturated heterocycles. The van der Waals surface area contributed by atoms with Gasteiger partial charge in [0, 0.05) is 11.5 Å². The summed E-state index contributed by atoms with van der Waals surface area (Å²) in [7, 11) is 0. The van der Waals surface area contributed by atoms with Crippen LogP contribution in [0.4, 0.5) is 13.2 Å². The number of hydrogen-bond donors (Lipinski definition) is 1. The molecule has 0 aliphatic heterocycles. The van der Waals surface area contributed by atoms with Gasteiger partial charge in [0.05, 0.1) is 12.1 Å². The SMILES string of the molecule is CC(C)C[C@H](N)C(=O)N([C@@H](c1ccc(C#CC2CC2)cc1)C(F)(F)F)C1(C#N)CC1. The van der Waals surface area contributed by atoms with Crippen molar-refractivity contribution in [2.75, 3.05) is 0 Å². The summed E-state index contributed by atoms with van der Waals surface area (Å²) >= 11 is 0. The highest BCUT2D eigenvalue weighted by molar-refractivity contribution is 5.84. The van der Waals surface area contributed by atoms with Crippen LogP contribution in [-0.2, 0) is 4.79 Å². The van der Waals surface area contributed by atoms with Gasteiger partial charge in [0.2, 0.25) is 5.91 Å². The van der Waals surface area contributed by atoms with Crippen LogP contribution in [0.15, 0.2) is 24.3 Å². The average Bonchev–Trinajstić information content (AvgIpc) is 3.58. The van der Waals surface area contributed by atoms with E-state index in [0.29, 0.717) is 16.4 Å². The summed E-state index contributed by atoms with van der Waals surface area (Å²) in [4.78, 5) is 13.8. The molecule has 2 fully saturated rings. The molecule has 2 aliphatic rings. The molecule has 2 saturated carbocycles. The summed E-state index contributed by atoms with van der Waals surface area (Å²) in [6.45, 7) is 3.69. The molecule has 1 aromatic rings. The number of benzene rings is 1. The van der Waals surface area contributed by atoms with Gasteiger partial charge in [0.15, 0.2) is 6.04 Å². The monoisotopic (exact) mass is 417 g/mol. The highest BCUT2D eigenvalue weighted by Crippen LogP contribution is 2.50. The molecular weight excluding hydrogens is 391 g/mol. The zero-order valence-electron chi connectivity index (χ0n) is 17.2. The highest BCUT2D eigenvalue weighted by Gasteiger charge is 2.60. The number of halogens is 3. The first-order valence-corrected chi connectivity index (χ1v) is 10.3. The molecule has 2 atom stereocenters. The van der Waals surface area contributed by atoms with Crippen molar-refractivity contribution >= 4 is 5.91 Å². The number of amides is 1. The first-order chi connectivity index (χ1) is 14.1. The van der Waals surface area contributed by atoms with Gasteiger partial charge in [-0.3, -0.25) is 4.79 Å². The molecule has 0 spiro atoms. The number of nitriles is 1. The molecule has 1 aromatic carbocycles. The van der Waals surface area contributed by atoms with Crippen LogP contribution >= 0.6 is 0 Å². The Bertz CT molecular complexity index is 881. The molecule has 0 radical (unpaired) electrons. The Morgan fingerprint density at radius 2 is 1.87 bits per heavy atom. The van der Waals surface area contributed by atoms with E-state index in [0.717, 1.165) is 12.8 Å². The van der Waals surface area contributed by atoms with Crippen LogP contribution < -0.4 is 5.73 Å². The van der Waals surface area contributed by atoms with E-state index >= 15 is 0 Å². The van der Waals surface area contributed by atoms with Crippen LogP contribution in [0.3, 0.4) is 0 Å². The molecule has 0 unspecified atom stereocenters. The van der Waals surface area contributed by atoms with Crippen molar-refractivity contribution in [1.29, 1.82) is 5.26 Å². The number of rotatable bonds is 6. The molecule has 2 aliphatic carbocycles. The number of carbonyl (C=O) groups excluding carboxylic acids is 1. The third-order valence-electron chi connectivity index (χ3n) is 5.47. The normalized spacial score (nSPS) is 19.3. The average molecular weight is 417 g/mol. The predicted octanol–water partition coefficient (Wildman–Crippen LogP) is 4.31. The molecule has 4 nitrogen and oxygen atoms in total. The summed E-state index contributed by atoms with van der Waals surface area (Å²) < 4.78 is 42.7. The summed E-state index contributed by atoms with van der Waals surface area (Å²) in [6.07, 6.45) is -1.96. The fourth-order valence-corrected chi connectivity index (χ4v) is 3.54. The summed E-state index contributed by atoms with van der Waals surface area (Å²) in [5.41, 5.74) is 5.04. The molecule has 0 bridgehead atoms. The van der Waals surface area contributed by atoms with Crippen LogP contribution in [0, 0.1) is 35.0 Å². The van der Waals surface area contributed by atoms with Crippen molar-refractivity contribution in [3.8, 4) is 17.9 Å². The fourth-order valence-electron chi connectivity index (χ4n) is 3.54. The second-order valence-corrected chi connectivity index (χ2v) is 8.70. The Morgan fingerprint density at radius 1 is 1.27 bits per heavy atom. The van der Waals surface area contributed by atoms with Gasteiger partial charge in [-0.05, 0) is 55.7 Å². The van der Waals surface area contributed by atoms with Gasteiger partial charge in [-0.1, -0.05) is 37.8 Å². The fraction of sp³-hybridized carbons (Fsp3) is 0.565. The van der Waals surface area contributed by atoms with Crippen LogP contribution in [0.25, 0.3) is 0 Å². The highest BCUT2D eigenvalue weighted by atomic mass is 19.4. The molecular formula is C23H26F3N3O. The van der Waals surface area contributed by atoms with Crippen molar-refractivity contribution in [3.63, 3.8) is 0 Å². The third-order valence-corrected chi connectivity index (χ3v) is 5.47. The smallest absolute Gasteiger partial charge is 0.320 e. The number of alkyl halides is 3. The van der Waals surface area contributed by atoms with Gasteiger partial charge in [0.25, 0.3) is 0 Å². The van der Waals surface area contributed by atoms with Crippen molar-refractivity contribution in [2.24, 2.45) is 17.6 Å². The van der Waals surface area contributed by atoms with Crippen molar-refractivity contribution in [2.45, 2.75) is 69.8 Å². The first kappa shape index (κ1) is 22.2. The van der Waals surface area contributed by atoms with E-state index < -0.39 is 29.7 Å². The Morgan fingerprint density at radius 3 is 2.30 bits per heavy atom. The van der Waals surface area contributed by atoms with E-state index in [-0.39, 0.29) is 30.7 Å². The van der Waals surface area contributed by atoms with E-state index in [2.05, 4.69) is 11.8 Å². The lowest BCUT2D eigenvalue weighted by Gasteiger charge is -2.38. The largest absolute Gasteiger partial charge is 0.413 e. The Balaban J connectivity index is 1.97. The predicted molar refractivity (Wildman–Crippen MR) is 107 cm³/mol. The molecule has 1 amide bonds. The van der Waals surface area contributed by atoms with Gasteiger partial charge in [-0.25, -0.2) is 0 Å². The van der Waals surface area contributed by atoms with E-state index in [9.17, 15) is 23.2 Å². The lowest BCUT2D eigenvalue weighted by atomic mass is 9.97. The quantitative estimate of drug-likeness (QED) is 0.701. The minimum absolute atomic E-state index is 0.0386. The Kier molecular flexibility index (Phi) is 6.15. The van der Waals surface area contributed by atoms with E-state index in [4.69, 9.17) is 5.73 Å². The lowest BCUT2D eigenvalue weighted by molar-refractivity contribution is -0.197. The minimum Gasteiger partial charge on any atom is -0.320 e. The van der Waals surface area contributed by atoms with E-state index in [1.165, 1.54) is 24.3 Å². The molecule has 3 rings (SSSR count). The second kappa shape index (κ2) is 8.32. The Hall–Kier alpha value is -2.51. The summed E-state index contributed by atoms with van der Waals surface area (Å²) in [6, 6.07) is 4.38. The molecule has 30 heavy (non-hydrogen) atoms.